The fourth-order valence-electron chi connectivity index (χ4n) is 2.22. The van der Waals surface area contributed by atoms with Gasteiger partial charge in [-0.05, 0) is 30.0 Å². The maximum atomic E-state index is 11.6. The van der Waals surface area contributed by atoms with Crippen LogP contribution in [0.4, 0.5) is 0 Å². The van der Waals surface area contributed by atoms with Crippen LogP contribution in [0.3, 0.4) is 0 Å². The standard InChI is InChI=1S/C14H24N2O2S/c1-4-11(5-2)9-14(16-15)12-7-6-8-13(10-12)19(3,17)18/h6-8,10-11,14,16H,4-5,9,15H2,1-3H3. The Hall–Kier alpha value is -0.910. The Balaban J connectivity index is 2.99. The van der Waals surface area contributed by atoms with E-state index in [1.807, 2.05) is 6.07 Å². The summed E-state index contributed by atoms with van der Waals surface area (Å²) in [6.45, 7) is 4.32. The molecule has 1 unspecified atom stereocenters. The van der Waals surface area contributed by atoms with E-state index in [-0.39, 0.29) is 6.04 Å². The van der Waals surface area contributed by atoms with Crippen molar-refractivity contribution in [2.75, 3.05) is 6.26 Å². The molecule has 0 saturated carbocycles. The smallest absolute Gasteiger partial charge is 0.175 e. The molecule has 0 amide bonds. The van der Waals surface area contributed by atoms with Crippen LogP contribution in [-0.4, -0.2) is 14.7 Å². The Kier molecular flexibility index (Phi) is 5.97. The van der Waals surface area contributed by atoms with Crippen molar-refractivity contribution in [1.29, 1.82) is 0 Å². The monoisotopic (exact) mass is 284 g/mol. The highest BCUT2D eigenvalue weighted by molar-refractivity contribution is 7.90. The summed E-state index contributed by atoms with van der Waals surface area (Å²) in [7, 11) is -3.18. The molecule has 1 rings (SSSR count). The minimum atomic E-state index is -3.18. The van der Waals surface area contributed by atoms with Crippen molar-refractivity contribution < 1.29 is 8.42 Å². The van der Waals surface area contributed by atoms with Crippen molar-refractivity contribution in [3.05, 3.63) is 29.8 Å². The lowest BCUT2D eigenvalue weighted by molar-refractivity contribution is 0.374. The van der Waals surface area contributed by atoms with E-state index in [0.717, 1.165) is 24.8 Å². The van der Waals surface area contributed by atoms with Crippen LogP contribution >= 0.6 is 0 Å². The minimum Gasteiger partial charge on any atom is -0.271 e. The quantitative estimate of drug-likeness (QED) is 0.596. The number of rotatable bonds is 7. The number of sulfone groups is 1. The Labute approximate surface area is 116 Å². The van der Waals surface area contributed by atoms with Crippen molar-refractivity contribution in [2.45, 2.75) is 44.0 Å². The third kappa shape index (κ3) is 4.60. The first-order valence-corrected chi connectivity index (χ1v) is 8.57. The lowest BCUT2D eigenvalue weighted by Crippen LogP contribution is -2.29. The summed E-state index contributed by atoms with van der Waals surface area (Å²) in [5, 5.41) is 0. The Bertz CT molecular complexity index is 496. The van der Waals surface area contributed by atoms with Crippen molar-refractivity contribution in [3.63, 3.8) is 0 Å². The molecule has 0 radical (unpaired) electrons. The van der Waals surface area contributed by atoms with Gasteiger partial charge in [0.1, 0.15) is 0 Å². The van der Waals surface area contributed by atoms with Gasteiger partial charge in [0.25, 0.3) is 0 Å². The number of benzene rings is 1. The fraction of sp³-hybridized carbons (Fsp3) is 0.571. The molecule has 0 spiro atoms. The van der Waals surface area contributed by atoms with Crippen LogP contribution in [0.25, 0.3) is 0 Å². The number of hydrazine groups is 1. The van der Waals surface area contributed by atoms with Gasteiger partial charge in [0.2, 0.25) is 0 Å². The van der Waals surface area contributed by atoms with Gasteiger partial charge in [0, 0.05) is 12.3 Å². The van der Waals surface area contributed by atoms with Crippen molar-refractivity contribution >= 4 is 9.84 Å². The lowest BCUT2D eigenvalue weighted by atomic mass is 9.91. The predicted octanol–water partition coefficient (Wildman–Crippen LogP) is 2.42. The van der Waals surface area contributed by atoms with Crippen molar-refractivity contribution in [1.82, 2.24) is 5.43 Å². The molecule has 5 heteroatoms. The van der Waals surface area contributed by atoms with E-state index in [9.17, 15) is 8.42 Å². The molecule has 0 aliphatic carbocycles. The molecule has 4 nitrogen and oxygen atoms in total. The predicted molar refractivity (Wildman–Crippen MR) is 78.3 cm³/mol. The zero-order chi connectivity index (χ0) is 14.5. The molecule has 108 valence electrons. The van der Waals surface area contributed by atoms with Crippen LogP contribution in [0.5, 0.6) is 0 Å². The van der Waals surface area contributed by atoms with Gasteiger partial charge >= 0.3 is 0 Å². The van der Waals surface area contributed by atoms with Crippen LogP contribution < -0.4 is 11.3 Å². The normalized spacial score (nSPS) is 13.7. The molecule has 0 bridgehead atoms. The Morgan fingerprint density at radius 2 is 1.89 bits per heavy atom. The van der Waals surface area contributed by atoms with Crippen molar-refractivity contribution in [2.24, 2.45) is 11.8 Å². The van der Waals surface area contributed by atoms with E-state index in [4.69, 9.17) is 5.84 Å². The summed E-state index contributed by atoms with van der Waals surface area (Å²) in [6, 6.07) is 7.00. The first-order valence-electron chi connectivity index (χ1n) is 6.68. The highest BCUT2D eigenvalue weighted by atomic mass is 32.2. The largest absolute Gasteiger partial charge is 0.271 e. The number of hydrogen-bond donors (Lipinski definition) is 2. The number of nitrogens with one attached hydrogen (secondary N) is 1. The van der Waals surface area contributed by atoms with Gasteiger partial charge in [-0.1, -0.05) is 38.8 Å². The van der Waals surface area contributed by atoms with Gasteiger partial charge in [-0.2, -0.15) is 0 Å². The number of hydrogen-bond acceptors (Lipinski definition) is 4. The molecular formula is C14H24N2O2S. The Morgan fingerprint density at radius 1 is 1.26 bits per heavy atom. The summed E-state index contributed by atoms with van der Waals surface area (Å²) in [5.41, 5.74) is 3.73. The summed E-state index contributed by atoms with van der Waals surface area (Å²) in [4.78, 5) is 0.342. The molecule has 0 heterocycles. The molecule has 1 atom stereocenters. The molecule has 0 saturated heterocycles. The SMILES string of the molecule is CCC(CC)CC(NN)c1cccc(S(C)(=O)=O)c1. The second kappa shape index (κ2) is 7.03. The first kappa shape index (κ1) is 16.1. The second-order valence-corrected chi connectivity index (χ2v) is 7.00. The van der Waals surface area contributed by atoms with Gasteiger partial charge < -0.3 is 0 Å². The fourth-order valence-corrected chi connectivity index (χ4v) is 2.89. The van der Waals surface area contributed by atoms with Gasteiger partial charge in [0.05, 0.1) is 4.90 Å². The zero-order valence-electron chi connectivity index (χ0n) is 11.9. The van der Waals surface area contributed by atoms with Gasteiger partial charge in [-0.3, -0.25) is 11.3 Å². The van der Waals surface area contributed by atoms with E-state index in [1.165, 1.54) is 6.26 Å². The molecule has 0 aromatic heterocycles. The first-order chi connectivity index (χ1) is 8.92. The minimum absolute atomic E-state index is 0.00778. The summed E-state index contributed by atoms with van der Waals surface area (Å²) in [6.07, 6.45) is 4.33. The van der Waals surface area contributed by atoms with Gasteiger partial charge in [0.15, 0.2) is 9.84 Å². The van der Waals surface area contributed by atoms with Crippen LogP contribution in [0.2, 0.25) is 0 Å². The second-order valence-electron chi connectivity index (χ2n) is 4.98. The average molecular weight is 284 g/mol. The van der Waals surface area contributed by atoms with Crippen molar-refractivity contribution in [3.8, 4) is 0 Å². The maximum Gasteiger partial charge on any atom is 0.175 e. The highest BCUT2D eigenvalue weighted by Crippen LogP contribution is 2.26. The Morgan fingerprint density at radius 3 is 2.37 bits per heavy atom. The van der Waals surface area contributed by atoms with Crippen LogP contribution in [0.15, 0.2) is 29.2 Å². The summed E-state index contributed by atoms with van der Waals surface area (Å²) >= 11 is 0. The maximum absolute atomic E-state index is 11.6. The highest BCUT2D eigenvalue weighted by Gasteiger charge is 2.16. The van der Waals surface area contributed by atoms with E-state index in [2.05, 4.69) is 19.3 Å². The third-order valence-corrected chi connectivity index (χ3v) is 4.72. The molecule has 1 aromatic rings. The number of nitrogens with two attached hydrogens (primary N) is 1. The van der Waals surface area contributed by atoms with Crippen LogP contribution in [0.1, 0.15) is 44.7 Å². The zero-order valence-corrected chi connectivity index (χ0v) is 12.7. The lowest BCUT2D eigenvalue weighted by Gasteiger charge is -2.22. The molecule has 3 N–H and O–H groups in total. The van der Waals surface area contributed by atoms with Crippen LogP contribution in [-0.2, 0) is 9.84 Å². The van der Waals surface area contributed by atoms with Gasteiger partial charge in [-0.15, -0.1) is 0 Å². The molecular weight excluding hydrogens is 260 g/mol. The molecule has 0 fully saturated rings. The molecule has 1 aromatic carbocycles. The molecule has 19 heavy (non-hydrogen) atoms. The van der Waals surface area contributed by atoms with E-state index >= 15 is 0 Å². The summed E-state index contributed by atoms with van der Waals surface area (Å²) < 4.78 is 23.2. The van der Waals surface area contributed by atoms with Gasteiger partial charge in [-0.25, -0.2) is 8.42 Å². The summed E-state index contributed by atoms with van der Waals surface area (Å²) in [5.74, 6) is 6.21. The van der Waals surface area contributed by atoms with Crippen LogP contribution in [0, 0.1) is 5.92 Å². The average Bonchev–Trinajstić information content (AvgIpc) is 2.39. The molecule has 0 aliphatic rings. The molecule has 0 aliphatic heterocycles. The van der Waals surface area contributed by atoms with E-state index in [1.54, 1.807) is 18.2 Å². The third-order valence-electron chi connectivity index (χ3n) is 3.61. The van der Waals surface area contributed by atoms with E-state index < -0.39 is 9.84 Å². The topological polar surface area (TPSA) is 72.2 Å². The van der Waals surface area contributed by atoms with E-state index in [0.29, 0.717) is 10.8 Å².